The van der Waals surface area contributed by atoms with E-state index in [-0.39, 0.29) is 5.57 Å². The van der Waals surface area contributed by atoms with Crippen LogP contribution in [0.15, 0.2) is 11.6 Å². The second-order valence-electron chi connectivity index (χ2n) is 5.25. The molecular weight excluding hydrogens is 294 g/mol. The number of rotatable bonds is 7. The number of aryl methyl sites for hydroxylation is 1. The third kappa shape index (κ3) is 4.99. The number of aromatic nitrogens is 1. The molecule has 1 N–H and O–H groups in total. The largest absolute Gasteiger partial charge is 0.451 e. The highest BCUT2D eigenvalue weighted by molar-refractivity contribution is 5.99. The van der Waals surface area contributed by atoms with Crippen LogP contribution in [0.4, 0.5) is 0 Å². The van der Waals surface area contributed by atoms with Gasteiger partial charge in [0.15, 0.2) is 6.61 Å². The summed E-state index contributed by atoms with van der Waals surface area (Å²) in [4.78, 5) is 23.0. The van der Waals surface area contributed by atoms with Gasteiger partial charge in [-0.2, -0.15) is 5.26 Å². The number of hydrogen-bond acceptors (Lipinski definition) is 4. The summed E-state index contributed by atoms with van der Waals surface area (Å²) in [6.07, 6.45) is 3.67. The van der Waals surface area contributed by atoms with Gasteiger partial charge in [0.1, 0.15) is 11.6 Å². The number of nitrogens with one attached hydrogen (secondary N) is 1. The first-order valence-corrected chi connectivity index (χ1v) is 7.60. The fraction of sp³-hybridized carbons (Fsp3) is 0.471. The van der Waals surface area contributed by atoms with Gasteiger partial charge < -0.3 is 14.6 Å². The van der Waals surface area contributed by atoms with Gasteiger partial charge in [-0.15, -0.1) is 0 Å². The lowest BCUT2D eigenvalue weighted by molar-refractivity contribution is -0.144. The Morgan fingerprint density at radius 3 is 2.70 bits per heavy atom. The quantitative estimate of drug-likeness (QED) is 0.474. The van der Waals surface area contributed by atoms with Crippen molar-refractivity contribution in [2.45, 2.75) is 40.2 Å². The van der Waals surface area contributed by atoms with E-state index in [2.05, 4.69) is 16.8 Å². The molecule has 0 fully saturated rings. The van der Waals surface area contributed by atoms with Gasteiger partial charge in [-0.05, 0) is 38.0 Å². The van der Waals surface area contributed by atoms with Crippen molar-refractivity contribution < 1.29 is 14.3 Å². The van der Waals surface area contributed by atoms with Crippen molar-refractivity contribution in [1.82, 2.24) is 9.88 Å². The summed E-state index contributed by atoms with van der Waals surface area (Å²) in [6, 6.07) is 3.78. The molecule has 23 heavy (non-hydrogen) atoms. The van der Waals surface area contributed by atoms with E-state index in [4.69, 9.17) is 10.00 Å². The van der Waals surface area contributed by atoms with Crippen LogP contribution < -0.4 is 5.32 Å². The maximum atomic E-state index is 11.9. The number of likely N-dealkylation sites (N-methyl/N-ethyl adjacent to an activating group) is 1. The molecule has 6 nitrogen and oxygen atoms in total. The lowest BCUT2D eigenvalue weighted by Gasteiger charge is -2.08. The summed E-state index contributed by atoms with van der Waals surface area (Å²) >= 11 is 0. The van der Waals surface area contributed by atoms with Crippen LogP contribution in [0.1, 0.15) is 36.7 Å². The van der Waals surface area contributed by atoms with Gasteiger partial charge in [-0.25, -0.2) is 4.79 Å². The van der Waals surface area contributed by atoms with E-state index in [1.165, 1.54) is 13.1 Å². The molecule has 1 rings (SSSR count). The first-order chi connectivity index (χ1) is 10.9. The van der Waals surface area contributed by atoms with Crippen LogP contribution in [0, 0.1) is 25.2 Å². The van der Waals surface area contributed by atoms with E-state index in [9.17, 15) is 9.59 Å². The second-order valence-corrected chi connectivity index (χ2v) is 5.25. The maximum Gasteiger partial charge on any atom is 0.349 e. The third-order valence-electron chi connectivity index (χ3n) is 3.60. The number of ether oxygens (including phenoxy) is 1. The van der Waals surface area contributed by atoms with E-state index >= 15 is 0 Å². The number of amides is 1. The van der Waals surface area contributed by atoms with Gasteiger partial charge in [0, 0.05) is 25.0 Å². The van der Waals surface area contributed by atoms with Gasteiger partial charge in [-0.3, -0.25) is 4.79 Å². The SMILES string of the molecule is CCCCn1c(C)cc(/C=C(\C#N)C(=O)OCC(=O)NC)c1C. The predicted molar refractivity (Wildman–Crippen MR) is 87.4 cm³/mol. The first kappa shape index (κ1) is 18.5. The molecule has 1 aromatic heterocycles. The average Bonchev–Trinajstić information content (AvgIpc) is 2.81. The highest BCUT2D eigenvalue weighted by Gasteiger charge is 2.15. The Morgan fingerprint density at radius 2 is 2.13 bits per heavy atom. The Labute approximate surface area is 136 Å². The van der Waals surface area contributed by atoms with Gasteiger partial charge in [-0.1, -0.05) is 13.3 Å². The van der Waals surface area contributed by atoms with Crippen LogP contribution in [-0.2, 0) is 20.9 Å². The van der Waals surface area contributed by atoms with Crippen LogP contribution in [0.2, 0.25) is 0 Å². The van der Waals surface area contributed by atoms with Crippen molar-refractivity contribution in [3.63, 3.8) is 0 Å². The minimum Gasteiger partial charge on any atom is -0.451 e. The highest BCUT2D eigenvalue weighted by atomic mass is 16.5. The molecule has 124 valence electrons. The minimum absolute atomic E-state index is 0.121. The van der Waals surface area contributed by atoms with Crippen molar-refractivity contribution in [3.05, 3.63) is 28.6 Å². The van der Waals surface area contributed by atoms with Crippen LogP contribution in [0.3, 0.4) is 0 Å². The standard InChI is InChI=1S/C17H23N3O3/c1-5-6-7-20-12(2)8-14(13(20)3)9-15(10-18)17(22)23-11-16(21)19-4/h8-9H,5-7,11H2,1-4H3,(H,19,21)/b15-9+. The van der Waals surface area contributed by atoms with Gasteiger partial charge in [0.25, 0.3) is 5.91 Å². The first-order valence-electron chi connectivity index (χ1n) is 7.60. The van der Waals surface area contributed by atoms with E-state index in [1.807, 2.05) is 26.0 Å². The fourth-order valence-corrected chi connectivity index (χ4v) is 2.21. The van der Waals surface area contributed by atoms with Gasteiger partial charge in [0.2, 0.25) is 0 Å². The van der Waals surface area contributed by atoms with Crippen LogP contribution >= 0.6 is 0 Å². The topological polar surface area (TPSA) is 84.1 Å². The van der Waals surface area contributed by atoms with Crippen molar-refractivity contribution in [3.8, 4) is 6.07 Å². The molecule has 0 bridgehead atoms. The Hall–Kier alpha value is -2.55. The Kier molecular flexibility index (Phi) is 7.07. The summed E-state index contributed by atoms with van der Waals surface area (Å²) in [5.74, 6) is -1.22. The summed E-state index contributed by atoms with van der Waals surface area (Å²) in [5, 5.41) is 11.5. The minimum atomic E-state index is -0.797. The van der Waals surface area contributed by atoms with E-state index < -0.39 is 18.5 Å². The zero-order chi connectivity index (χ0) is 17.4. The summed E-state index contributed by atoms with van der Waals surface area (Å²) in [7, 11) is 1.45. The Morgan fingerprint density at radius 1 is 1.43 bits per heavy atom. The smallest absolute Gasteiger partial charge is 0.349 e. The highest BCUT2D eigenvalue weighted by Crippen LogP contribution is 2.19. The number of unbranched alkanes of at least 4 members (excludes halogenated alkanes) is 1. The van der Waals surface area contributed by atoms with Crippen molar-refractivity contribution >= 4 is 18.0 Å². The summed E-state index contributed by atoms with van der Waals surface area (Å²) < 4.78 is 6.98. The van der Waals surface area contributed by atoms with Gasteiger partial charge in [0.05, 0.1) is 0 Å². The van der Waals surface area contributed by atoms with E-state index in [1.54, 1.807) is 0 Å². The molecule has 0 saturated carbocycles. The number of nitriles is 1. The number of carbonyl (C=O) groups excluding carboxylic acids is 2. The lowest BCUT2D eigenvalue weighted by atomic mass is 10.1. The monoisotopic (exact) mass is 317 g/mol. The van der Waals surface area contributed by atoms with E-state index in [0.29, 0.717) is 0 Å². The number of nitrogens with zero attached hydrogens (tertiary/aromatic N) is 2. The maximum absolute atomic E-state index is 11.9. The molecular formula is C17H23N3O3. The molecule has 0 radical (unpaired) electrons. The molecule has 0 unspecified atom stereocenters. The molecule has 0 saturated heterocycles. The third-order valence-corrected chi connectivity index (χ3v) is 3.60. The molecule has 1 aromatic rings. The zero-order valence-electron chi connectivity index (χ0n) is 14.1. The zero-order valence-corrected chi connectivity index (χ0v) is 14.1. The van der Waals surface area contributed by atoms with E-state index in [0.717, 1.165) is 36.3 Å². The molecule has 0 aliphatic rings. The molecule has 0 aliphatic heterocycles. The number of carbonyl (C=O) groups is 2. The molecule has 0 spiro atoms. The van der Waals surface area contributed by atoms with Crippen LogP contribution in [-0.4, -0.2) is 30.1 Å². The number of esters is 1. The fourth-order valence-electron chi connectivity index (χ4n) is 2.21. The summed E-state index contributed by atoms with van der Waals surface area (Å²) in [5.41, 5.74) is 2.78. The lowest BCUT2D eigenvalue weighted by Crippen LogP contribution is -2.25. The summed E-state index contributed by atoms with van der Waals surface area (Å²) in [6.45, 7) is 6.59. The van der Waals surface area contributed by atoms with Crippen LogP contribution in [0.5, 0.6) is 0 Å². The normalized spacial score (nSPS) is 11.0. The molecule has 0 atom stereocenters. The van der Waals surface area contributed by atoms with Gasteiger partial charge >= 0.3 is 5.97 Å². The Balaban J connectivity index is 2.96. The van der Waals surface area contributed by atoms with Crippen molar-refractivity contribution in [2.24, 2.45) is 0 Å². The van der Waals surface area contributed by atoms with Crippen LogP contribution in [0.25, 0.3) is 6.08 Å². The predicted octanol–water partition coefficient (Wildman–Crippen LogP) is 2.10. The molecule has 1 amide bonds. The molecule has 0 aromatic carbocycles. The second kappa shape index (κ2) is 8.79. The average molecular weight is 317 g/mol. The molecule has 6 heteroatoms. The van der Waals surface area contributed by atoms with Crippen molar-refractivity contribution in [2.75, 3.05) is 13.7 Å². The Bertz CT molecular complexity index is 651. The number of hydrogen-bond donors (Lipinski definition) is 1. The van der Waals surface area contributed by atoms with Crippen molar-refractivity contribution in [1.29, 1.82) is 5.26 Å². The molecule has 0 aliphatic carbocycles. The molecule has 1 heterocycles.